The highest BCUT2D eigenvalue weighted by atomic mass is 19.4. The molecule has 0 bridgehead atoms. The molecule has 0 heterocycles. The Morgan fingerprint density at radius 3 is 2.19 bits per heavy atom. The number of hydrogen-bond donors (Lipinski definition) is 0. The van der Waals surface area contributed by atoms with Gasteiger partial charge in [0.25, 0.3) is 0 Å². The molecular weight excluding hydrogens is 279 g/mol. The monoisotopic (exact) mass is 299 g/mol. The summed E-state index contributed by atoms with van der Waals surface area (Å²) in [4.78, 5) is 13.9. The van der Waals surface area contributed by atoms with E-state index in [0.29, 0.717) is 5.56 Å². The van der Waals surface area contributed by atoms with Gasteiger partial charge in [0.15, 0.2) is 5.78 Å². The summed E-state index contributed by atoms with van der Waals surface area (Å²) in [5.74, 6) is -0.115. The Hall–Kier alpha value is -1.36. The van der Waals surface area contributed by atoms with Crippen LogP contribution in [-0.2, 0) is 0 Å². The second kappa shape index (κ2) is 5.79. The van der Waals surface area contributed by atoms with Gasteiger partial charge >= 0.3 is 6.18 Å². The van der Waals surface area contributed by atoms with Crippen LogP contribution < -0.4 is 0 Å². The van der Waals surface area contributed by atoms with Gasteiger partial charge in [-0.05, 0) is 12.8 Å². The molecule has 1 aromatic carbocycles. The molecule has 116 valence electrons. The first-order valence-corrected chi connectivity index (χ1v) is 7.10. The van der Waals surface area contributed by atoms with Crippen molar-refractivity contribution >= 4 is 5.78 Å². The third-order valence-corrected chi connectivity index (χ3v) is 3.69. The van der Waals surface area contributed by atoms with Crippen LogP contribution in [0.2, 0.25) is 0 Å². The molecule has 0 N–H and O–H groups in total. The molecule has 0 aliphatic heterocycles. The highest BCUT2D eigenvalue weighted by molar-refractivity contribution is 6.00. The summed E-state index contributed by atoms with van der Waals surface area (Å²) < 4.78 is 38.0. The average Bonchev–Trinajstić information content (AvgIpc) is 3.20. The number of alkyl halides is 3. The van der Waals surface area contributed by atoms with E-state index in [1.165, 1.54) is 4.90 Å². The van der Waals surface area contributed by atoms with E-state index >= 15 is 0 Å². The summed E-state index contributed by atoms with van der Waals surface area (Å²) in [6, 6.07) is 8.71. The Balaban J connectivity index is 2.09. The van der Waals surface area contributed by atoms with Crippen LogP contribution in [0.5, 0.6) is 0 Å². The molecule has 2 nitrogen and oxygen atoms in total. The van der Waals surface area contributed by atoms with Crippen molar-refractivity contribution in [3.05, 3.63) is 35.9 Å². The van der Waals surface area contributed by atoms with Crippen molar-refractivity contribution < 1.29 is 18.0 Å². The van der Waals surface area contributed by atoms with Crippen molar-refractivity contribution in [1.82, 2.24) is 4.90 Å². The standard InChI is InChI=1S/C16H20F3NO/c1-15(2,14(21)12-6-4-3-5-7-12)10-20(13-8-9-13)11-16(17,18)19/h3-7,13H,8-11H2,1-2H3. The van der Waals surface area contributed by atoms with Gasteiger partial charge in [0.1, 0.15) is 0 Å². The van der Waals surface area contributed by atoms with Gasteiger partial charge in [0.05, 0.1) is 6.54 Å². The molecule has 1 aliphatic rings. The van der Waals surface area contributed by atoms with E-state index in [2.05, 4.69) is 0 Å². The van der Waals surface area contributed by atoms with Gasteiger partial charge < -0.3 is 0 Å². The van der Waals surface area contributed by atoms with Gasteiger partial charge in [-0.3, -0.25) is 9.69 Å². The highest BCUT2D eigenvalue weighted by Gasteiger charge is 2.42. The summed E-state index contributed by atoms with van der Waals surface area (Å²) in [6.45, 7) is 2.62. The van der Waals surface area contributed by atoms with E-state index in [4.69, 9.17) is 0 Å². The normalized spacial score (nSPS) is 16.3. The first kappa shape index (κ1) is 16.0. The van der Waals surface area contributed by atoms with Crippen LogP contribution in [0.3, 0.4) is 0 Å². The van der Waals surface area contributed by atoms with Gasteiger partial charge in [-0.2, -0.15) is 13.2 Å². The number of ketones is 1. The Bertz CT molecular complexity index is 492. The topological polar surface area (TPSA) is 20.3 Å². The molecule has 0 aromatic heterocycles. The number of Topliss-reactive ketones (excluding diaryl/α,β-unsaturated/α-hetero) is 1. The molecule has 0 saturated heterocycles. The maximum absolute atomic E-state index is 12.7. The molecule has 1 aliphatic carbocycles. The fraction of sp³-hybridized carbons (Fsp3) is 0.562. The van der Waals surface area contributed by atoms with Gasteiger partial charge in [-0.1, -0.05) is 44.2 Å². The average molecular weight is 299 g/mol. The molecule has 0 unspecified atom stereocenters. The molecular formula is C16H20F3NO. The molecule has 0 amide bonds. The minimum absolute atomic E-state index is 0.0329. The first-order valence-electron chi connectivity index (χ1n) is 7.10. The lowest BCUT2D eigenvalue weighted by Gasteiger charge is -2.32. The zero-order valence-electron chi connectivity index (χ0n) is 12.3. The number of carbonyl (C=O) groups excluding carboxylic acids is 1. The van der Waals surface area contributed by atoms with Crippen LogP contribution in [0.4, 0.5) is 13.2 Å². The Labute approximate surface area is 122 Å². The SMILES string of the molecule is CC(C)(CN(CC(F)(F)F)C1CC1)C(=O)c1ccccc1. The Morgan fingerprint density at radius 2 is 1.71 bits per heavy atom. The molecule has 1 aromatic rings. The molecule has 0 spiro atoms. The zero-order chi connectivity index (χ0) is 15.7. The Morgan fingerprint density at radius 1 is 1.14 bits per heavy atom. The van der Waals surface area contributed by atoms with Crippen LogP contribution in [0.1, 0.15) is 37.0 Å². The summed E-state index contributed by atoms with van der Waals surface area (Å²) in [5, 5.41) is 0. The second-order valence-corrected chi connectivity index (χ2v) is 6.33. The third-order valence-electron chi connectivity index (χ3n) is 3.69. The molecule has 1 fully saturated rings. The number of rotatable bonds is 6. The van der Waals surface area contributed by atoms with E-state index in [1.54, 1.807) is 38.1 Å². The Kier molecular flexibility index (Phi) is 4.42. The van der Waals surface area contributed by atoms with Crippen LogP contribution in [0.25, 0.3) is 0 Å². The second-order valence-electron chi connectivity index (χ2n) is 6.33. The minimum atomic E-state index is -4.23. The van der Waals surface area contributed by atoms with Crippen molar-refractivity contribution in [2.75, 3.05) is 13.1 Å². The van der Waals surface area contributed by atoms with Gasteiger partial charge in [0, 0.05) is 23.6 Å². The summed E-state index contributed by atoms with van der Waals surface area (Å²) in [7, 11) is 0. The molecule has 0 atom stereocenters. The molecule has 1 saturated carbocycles. The smallest absolute Gasteiger partial charge is 0.294 e. The molecule has 2 rings (SSSR count). The lowest BCUT2D eigenvalue weighted by atomic mass is 9.83. The van der Waals surface area contributed by atoms with Crippen LogP contribution >= 0.6 is 0 Å². The first-order chi connectivity index (χ1) is 9.69. The summed E-state index contributed by atoms with van der Waals surface area (Å²) >= 11 is 0. The largest absolute Gasteiger partial charge is 0.401 e. The fourth-order valence-electron chi connectivity index (χ4n) is 2.54. The molecule has 21 heavy (non-hydrogen) atoms. The molecule has 0 radical (unpaired) electrons. The van der Waals surface area contributed by atoms with Gasteiger partial charge in [-0.15, -0.1) is 0 Å². The van der Waals surface area contributed by atoms with Crippen LogP contribution in [-0.4, -0.2) is 36.0 Å². The third kappa shape index (κ3) is 4.56. The lowest BCUT2D eigenvalue weighted by Crippen LogP contribution is -2.44. The number of halogens is 3. The van der Waals surface area contributed by atoms with Gasteiger partial charge in [-0.25, -0.2) is 0 Å². The maximum atomic E-state index is 12.7. The van der Waals surface area contributed by atoms with Crippen molar-refractivity contribution in [3.63, 3.8) is 0 Å². The van der Waals surface area contributed by atoms with Crippen molar-refractivity contribution in [2.45, 2.75) is 38.9 Å². The van der Waals surface area contributed by atoms with Crippen molar-refractivity contribution in [2.24, 2.45) is 5.41 Å². The maximum Gasteiger partial charge on any atom is 0.401 e. The van der Waals surface area contributed by atoms with Crippen LogP contribution in [0, 0.1) is 5.41 Å². The summed E-state index contributed by atoms with van der Waals surface area (Å²) in [5.41, 5.74) is -0.292. The number of nitrogens with zero attached hydrogens (tertiary/aromatic N) is 1. The quantitative estimate of drug-likeness (QED) is 0.742. The predicted octanol–water partition coefficient (Wildman–Crippen LogP) is 3.92. The van der Waals surface area contributed by atoms with Crippen LogP contribution in [0.15, 0.2) is 30.3 Å². The van der Waals surface area contributed by atoms with Gasteiger partial charge in [0.2, 0.25) is 0 Å². The van der Waals surface area contributed by atoms with E-state index in [-0.39, 0.29) is 18.4 Å². The fourth-order valence-corrected chi connectivity index (χ4v) is 2.54. The zero-order valence-corrected chi connectivity index (χ0v) is 12.3. The van der Waals surface area contributed by atoms with E-state index in [9.17, 15) is 18.0 Å². The minimum Gasteiger partial charge on any atom is -0.294 e. The number of benzene rings is 1. The van der Waals surface area contributed by atoms with Crippen molar-refractivity contribution in [3.8, 4) is 0 Å². The lowest BCUT2D eigenvalue weighted by molar-refractivity contribution is -0.149. The van der Waals surface area contributed by atoms with E-state index < -0.39 is 18.1 Å². The van der Waals surface area contributed by atoms with Crippen molar-refractivity contribution in [1.29, 1.82) is 0 Å². The predicted molar refractivity (Wildman–Crippen MR) is 75.2 cm³/mol. The van der Waals surface area contributed by atoms with E-state index in [1.807, 2.05) is 6.07 Å². The number of carbonyl (C=O) groups is 1. The molecule has 5 heteroatoms. The number of hydrogen-bond acceptors (Lipinski definition) is 2. The van der Waals surface area contributed by atoms with E-state index in [0.717, 1.165) is 12.8 Å². The highest BCUT2D eigenvalue weighted by Crippen LogP contribution is 2.34. The summed E-state index contributed by atoms with van der Waals surface area (Å²) in [6.07, 6.45) is -2.66.